The van der Waals surface area contributed by atoms with Gasteiger partial charge in [-0.15, -0.1) is 0 Å². The Labute approximate surface area is 102 Å². The highest BCUT2D eigenvalue weighted by atomic mass is 16.5. The Morgan fingerprint density at radius 1 is 1.53 bits per heavy atom. The minimum Gasteiger partial charge on any atom is -0.469 e. The number of hydrogen-bond acceptors (Lipinski definition) is 3. The van der Waals surface area contributed by atoms with Crippen LogP contribution in [0.25, 0.3) is 0 Å². The van der Waals surface area contributed by atoms with Crippen LogP contribution in [-0.4, -0.2) is 18.9 Å². The largest absolute Gasteiger partial charge is 0.469 e. The van der Waals surface area contributed by atoms with Crippen molar-refractivity contribution in [2.45, 2.75) is 26.7 Å². The maximum Gasteiger partial charge on any atom is 0.312 e. The number of carbonyl (C=O) groups excluding carboxylic acids is 2. The van der Waals surface area contributed by atoms with E-state index in [0.29, 0.717) is 12.8 Å². The number of methoxy groups -OCH3 is 1. The van der Waals surface area contributed by atoms with Crippen LogP contribution >= 0.6 is 0 Å². The molecule has 0 aromatic carbocycles. The SMILES string of the molecule is C=C1C[C@](C)(C(=O)OC)[C@@]2(C)C=CC(=O)C[C@@H]12. The highest BCUT2D eigenvalue weighted by Crippen LogP contribution is 2.61. The highest BCUT2D eigenvalue weighted by molar-refractivity contribution is 5.92. The number of ether oxygens (including phenoxy) is 1. The number of ketones is 1. The van der Waals surface area contributed by atoms with Crippen molar-refractivity contribution in [3.8, 4) is 0 Å². The fourth-order valence-electron chi connectivity index (χ4n) is 3.29. The summed E-state index contributed by atoms with van der Waals surface area (Å²) in [5, 5.41) is 0. The predicted octanol–water partition coefficient (Wildman–Crippen LogP) is 2.28. The molecule has 0 amide bonds. The maximum atomic E-state index is 12.0. The zero-order valence-electron chi connectivity index (χ0n) is 10.6. The Morgan fingerprint density at radius 2 is 2.18 bits per heavy atom. The second-order valence-electron chi connectivity index (χ2n) is 5.50. The Hall–Kier alpha value is -1.38. The molecule has 0 spiro atoms. The molecule has 0 aromatic rings. The van der Waals surface area contributed by atoms with Crippen molar-refractivity contribution in [1.29, 1.82) is 0 Å². The van der Waals surface area contributed by atoms with E-state index < -0.39 is 5.41 Å². The standard InChI is InChI=1S/C14H18O3/c1-9-8-14(3,12(16)17-4)13(2)6-5-10(15)7-11(9)13/h5-6,11H,1,7-8H2,2-4H3/t11-,13-,14+/m0/s1. The molecule has 3 heteroatoms. The zero-order chi connectivity index (χ0) is 12.8. The first-order chi connectivity index (χ1) is 7.85. The van der Waals surface area contributed by atoms with E-state index in [0.717, 1.165) is 5.57 Å². The van der Waals surface area contributed by atoms with E-state index in [-0.39, 0.29) is 23.1 Å². The lowest BCUT2D eigenvalue weighted by atomic mass is 9.61. The molecule has 92 valence electrons. The van der Waals surface area contributed by atoms with E-state index in [1.165, 1.54) is 7.11 Å². The van der Waals surface area contributed by atoms with Gasteiger partial charge in [-0.3, -0.25) is 9.59 Å². The Kier molecular flexibility index (Phi) is 2.53. The van der Waals surface area contributed by atoms with Gasteiger partial charge in [0, 0.05) is 11.8 Å². The molecule has 0 aliphatic heterocycles. The van der Waals surface area contributed by atoms with Crippen molar-refractivity contribution in [1.82, 2.24) is 0 Å². The van der Waals surface area contributed by atoms with Crippen molar-refractivity contribution in [3.05, 3.63) is 24.3 Å². The molecule has 0 unspecified atom stereocenters. The van der Waals surface area contributed by atoms with Crippen molar-refractivity contribution in [3.63, 3.8) is 0 Å². The van der Waals surface area contributed by atoms with Gasteiger partial charge in [-0.25, -0.2) is 0 Å². The zero-order valence-corrected chi connectivity index (χ0v) is 10.6. The van der Waals surface area contributed by atoms with Gasteiger partial charge in [0.05, 0.1) is 12.5 Å². The first kappa shape index (κ1) is 12.1. The molecular formula is C14H18O3. The Morgan fingerprint density at radius 3 is 2.76 bits per heavy atom. The van der Waals surface area contributed by atoms with Crippen LogP contribution in [0.4, 0.5) is 0 Å². The fourth-order valence-corrected chi connectivity index (χ4v) is 3.29. The van der Waals surface area contributed by atoms with E-state index in [2.05, 4.69) is 6.58 Å². The topological polar surface area (TPSA) is 43.4 Å². The molecule has 17 heavy (non-hydrogen) atoms. The number of carbonyl (C=O) groups is 2. The van der Waals surface area contributed by atoms with Gasteiger partial charge >= 0.3 is 5.97 Å². The van der Waals surface area contributed by atoms with Gasteiger partial charge in [-0.05, 0) is 25.3 Å². The minimum absolute atomic E-state index is 0.0594. The summed E-state index contributed by atoms with van der Waals surface area (Å²) in [6.45, 7) is 7.97. The van der Waals surface area contributed by atoms with E-state index in [9.17, 15) is 9.59 Å². The molecule has 0 N–H and O–H groups in total. The quantitative estimate of drug-likeness (QED) is 0.516. The Balaban J connectivity index is 2.52. The third kappa shape index (κ3) is 1.41. The molecule has 1 saturated carbocycles. The summed E-state index contributed by atoms with van der Waals surface area (Å²) in [4.78, 5) is 23.5. The van der Waals surface area contributed by atoms with Crippen LogP contribution in [0.3, 0.4) is 0 Å². The first-order valence-corrected chi connectivity index (χ1v) is 5.83. The average Bonchev–Trinajstić information content (AvgIpc) is 2.49. The lowest BCUT2D eigenvalue weighted by Gasteiger charge is -2.41. The molecule has 0 saturated heterocycles. The van der Waals surface area contributed by atoms with Crippen molar-refractivity contribution >= 4 is 11.8 Å². The number of allylic oxidation sites excluding steroid dienone is 3. The fraction of sp³-hybridized carbons (Fsp3) is 0.571. The molecule has 0 bridgehead atoms. The van der Waals surface area contributed by atoms with Gasteiger partial charge in [0.25, 0.3) is 0 Å². The van der Waals surface area contributed by atoms with Crippen LogP contribution in [-0.2, 0) is 14.3 Å². The lowest BCUT2D eigenvalue weighted by molar-refractivity contribution is -0.157. The van der Waals surface area contributed by atoms with E-state index in [1.807, 2.05) is 19.9 Å². The van der Waals surface area contributed by atoms with Crippen LogP contribution < -0.4 is 0 Å². The summed E-state index contributed by atoms with van der Waals surface area (Å²) in [5.74, 6) is -0.0468. The third-order valence-electron chi connectivity index (χ3n) is 4.64. The third-order valence-corrected chi connectivity index (χ3v) is 4.64. The molecule has 0 heterocycles. The predicted molar refractivity (Wildman–Crippen MR) is 64.2 cm³/mol. The molecule has 0 radical (unpaired) electrons. The summed E-state index contributed by atoms with van der Waals surface area (Å²) < 4.78 is 4.93. The second-order valence-corrected chi connectivity index (χ2v) is 5.50. The molecular weight excluding hydrogens is 216 g/mol. The molecule has 3 nitrogen and oxygen atoms in total. The van der Waals surface area contributed by atoms with Gasteiger partial charge in [0.15, 0.2) is 5.78 Å². The van der Waals surface area contributed by atoms with Gasteiger partial charge in [0.2, 0.25) is 0 Å². The van der Waals surface area contributed by atoms with Crippen molar-refractivity contribution in [2.24, 2.45) is 16.7 Å². The monoisotopic (exact) mass is 234 g/mol. The van der Waals surface area contributed by atoms with Gasteiger partial charge < -0.3 is 4.74 Å². The average molecular weight is 234 g/mol. The number of esters is 1. The summed E-state index contributed by atoms with van der Waals surface area (Å²) in [6, 6.07) is 0. The van der Waals surface area contributed by atoms with Gasteiger partial charge in [-0.1, -0.05) is 25.2 Å². The maximum absolute atomic E-state index is 12.0. The van der Waals surface area contributed by atoms with Crippen LogP contribution in [0.15, 0.2) is 24.3 Å². The van der Waals surface area contributed by atoms with E-state index >= 15 is 0 Å². The van der Waals surface area contributed by atoms with Crippen LogP contribution in [0, 0.1) is 16.7 Å². The summed E-state index contributed by atoms with van der Waals surface area (Å²) in [6.07, 6.45) is 4.52. The minimum atomic E-state index is -0.610. The summed E-state index contributed by atoms with van der Waals surface area (Å²) in [5.41, 5.74) is 0.0179. The van der Waals surface area contributed by atoms with Crippen molar-refractivity contribution < 1.29 is 14.3 Å². The van der Waals surface area contributed by atoms with Gasteiger partial charge in [0.1, 0.15) is 0 Å². The molecule has 0 aromatic heterocycles. The molecule has 3 atom stereocenters. The molecule has 2 aliphatic rings. The number of hydrogen-bond donors (Lipinski definition) is 0. The Bertz CT molecular complexity index is 435. The smallest absolute Gasteiger partial charge is 0.312 e. The highest BCUT2D eigenvalue weighted by Gasteiger charge is 2.60. The molecule has 1 fully saturated rings. The summed E-state index contributed by atoms with van der Waals surface area (Å²) in [7, 11) is 1.41. The van der Waals surface area contributed by atoms with Crippen LogP contribution in [0.1, 0.15) is 26.7 Å². The number of fused-ring (bicyclic) bond motifs is 1. The lowest BCUT2D eigenvalue weighted by Crippen LogP contribution is -2.44. The normalized spacial score (nSPS) is 40.3. The number of rotatable bonds is 1. The first-order valence-electron chi connectivity index (χ1n) is 5.83. The second kappa shape index (κ2) is 3.56. The van der Waals surface area contributed by atoms with Crippen LogP contribution in [0.5, 0.6) is 0 Å². The van der Waals surface area contributed by atoms with E-state index in [4.69, 9.17) is 4.74 Å². The summed E-state index contributed by atoms with van der Waals surface area (Å²) >= 11 is 0. The van der Waals surface area contributed by atoms with Gasteiger partial charge in [-0.2, -0.15) is 0 Å². The van der Waals surface area contributed by atoms with E-state index in [1.54, 1.807) is 6.08 Å². The molecule has 2 aliphatic carbocycles. The van der Waals surface area contributed by atoms with Crippen molar-refractivity contribution in [2.75, 3.05) is 7.11 Å². The van der Waals surface area contributed by atoms with Crippen LogP contribution in [0.2, 0.25) is 0 Å². The molecule has 2 rings (SSSR count).